The Hall–Kier alpha value is -1.52. The number of aliphatic carboxylic acids is 1. The third-order valence-electron chi connectivity index (χ3n) is 16.2. The van der Waals surface area contributed by atoms with E-state index in [0.29, 0.717) is 24.2 Å². The van der Waals surface area contributed by atoms with Crippen LogP contribution in [0.2, 0.25) is 0 Å². The van der Waals surface area contributed by atoms with Gasteiger partial charge in [0.05, 0.1) is 11.5 Å². The van der Waals surface area contributed by atoms with Gasteiger partial charge in [0, 0.05) is 0 Å². The molecule has 6 rings (SSSR count). The molecule has 1 saturated heterocycles. The van der Waals surface area contributed by atoms with Crippen LogP contribution in [-0.2, 0) is 19.1 Å². The summed E-state index contributed by atoms with van der Waals surface area (Å²) >= 11 is 0. The smallest absolute Gasteiger partial charge is 0.309 e. The third-order valence-corrected chi connectivity index (χ3v) is 16.2. The van der Waals surface area contributed by atoms with Crippen LogP contribution in [0.3, 0.4) is 0 Å². The van der Waals surface area contributed by atoms with E-state index in [1.54, 1.807) is 0 Å². The number of carboxylic acids is 1. The van der Waals surface area contributed by atoms with Crippen LogP contribution < -0.4 is 0 Å². The van der Waals surface area contributed by atoms with Crippen LogP contribution >= 0.6 is 0 Å². The van der Waals surface area contributed by atoms with Crippen LogP contribution in [-0.4, -0.2) is 74.8 Å². The Morgan fingerprint density at radius 2 is 1.57 bits per heavy atom. The molecule has 6 fully saturated rings. The van der Waals surface area contributed by atoms with E-state index < -0.39 is 48.2 Å². The highest BCUT2D eigenvalue weighted by Crippen LogP contribution is 2.78. The predicted molar refractivity (Wildman–Crippen MR) is 170 cm³/mol. The molecular formula is C37H58O9. The molecule has 1 heterocycles. The molecule has 5 N–H and O–H groups in total. The molecule has 0 radical (unpaired) electrons. The number of ether oxygens (including phenoxy) is 2. The summed E-state index contributed by atoms with van der Waals surface area (Å²) in [6.07, 6.45) is 0.521. The highest BCUT2D eigenvalue weighted by molar-refractivity contribution is 5.76. The lowest BCUT2D eigenvalue weighted by Gasteiger charge is -2.73. The number of hydrogen-bond acceptors (Lipinski definition) is 8. The van der Waals surface area contributed by atoms with E-state index in [1.807, 2.05) is 0 Å². The van der Waals surface area contributed by atoms with Gasteiger partial charge in [0.25, 0.3) is 6.47 Å². The second kappa shape index (κ2) is 11.3. The molecule has 0 aromatic rings. The Morgan fingerprint density at radius 1 is 0.870 bits per heavy atom. The van der Waals surface area contributed by atoms with E-state index in [0.717, 1.165) is 63.4 Å². The van der Waals surface area contributed by atoms with Gasteiger partial charge in [-0.1, -0.05) is 46.8 Å². The number of rotatable bonds is 6. The van der Waals surface area contributed by atoms with Gasteiger partial charge >= 0.3 is 5.97 Å². The van der Waals surface area contributed by atoms with E-state index in [2.05, 4.69) is 48.1 Å². The Kier molecular flexibility index (Phi) is 8.41. The fourth-order valence-electron chi connectivity index (χ4n) is 13.7. The maximum Gasteiger partial charge on any atom is 0.309 e. The second-order valence-corrected chi connectivity index (χ2v) is 17.8. The topological polar surface area (TPSA) is 154 Å². The van der Waals surface area contributed by atoms with Crippen LogP contribution in [0, 0.1) is 62.6 Å². The molecule has 260 valence electrons. The van der Waals surface area contributed by atoms with Crippen molar-refractivity contribution in [2.75, 3.05) is 0 Å². The highest BCUT2D eigenvalue weighted by Gasteiger charge is 2.72. The molecule has 0 spiro atoms. The quantitative estimate of drug-likeness (QED) is 0.204. The van der Waals surface area contributed by atoms with Crippen molar-refractivity contribution < 1.29 is 44.6 Å². The van der Waals surface area contributed by atoms with Gasteiger partial charge in [-0.2, -0.15) is 0 Å². The molecule has 5 aliphatic carbocycles. The summed E-state index contributed by atoms with van der Waals surface area (Å²) in [6.45, 7) is 18.5. The van der Waals surface area contributed by atoms with E-state index in [1.165, 1.54) is 0 Å². The normalized spacial score (nSPS) is 53.5. The van der Waals surface area contributed by atoms with E-state index in [4.69, 9.17) is 9.47 Å². The Balaban J connectivity index is 1.28. The van der Waals surface area contributed by atoms with E-state index >= 15 is 0 Å². The van der Waals surface area contributed by atoms with Crippen molar-refractivity contribution >= 4 is 12.4 Å². The monoisotopic (exact) mass is 646 g/mol. The summed E-state index contributed by atoms with van der Waals surface area (Å²) in [5, 5.41) is 54.1. The summed E-state index contributed by atoms with van der Waals surface area (Å²) in [7, 11) is 0. The molecule has 0 amide bonds. The maximum absolute atomic E-state index is 13.0. The van der Waals surface area contributed by atoms with E-state index in [9.17, 15) is 35.1 Å². The zero-order valence-electron chi connectivity index (χ0n) is 28.7. The first-order chi connectivity index (χ1) is 21.4. The lowest BCUT2D eigenvalue weighted by atomic mass is 9.31. The number of fused-ring (bicyclic) bond motifs is 7. The van der Waals surface area contributed by atoms with Crippen molar-refractivity contribution in [1.82, 2.24) is 0 Å². The fourth-order valence-corrected chi connectivity index (χ4v) is 13.7. The minimum atomic E-state index is -1.62. The van der Waals surface area contributed by atoms with Crippen molar-refractivity contribution in [2.45, 2.75) is 143 Å². The Labute approximate surface area is 274 Å². The first kappa shape index (κ1) is 34.3. The molecule has 5 saturated carbocycles. The van der Waals surface area contributed by atoms with Crippen molar-refractivity contribution in [3.05, 3.63) is 12.2 Å². The molecule has 9 heteroatoms. The number of aliphatic hydroxyl groups is 4. The number of allylic oxidation sites excluding steroid dienone is 1. The van der Waals surface area contributed by atoms with Crippen LogP contribution in [0.25, 0.3) is 0 Å². The van der Waals surface area contributed by atoms with Crippen LogP contribution in [0.5, 0.6) is 0 Å². The number of carbonyl (C=O) groups is 2. The standard InChI is InChI=1S/C37H58O9/c1-19(2)20-10-15-37(32(43)44)17-16-35(6)21(25(20)37)8-9-24-34(5)13-11-22(33(3,4)23(34)12-14-36(24,35)7)26(39)30-28(41)27(40)29(42)31(46-30)45-18-38/h18,20-31,39-42H,1,8-17H2,2-7H3,(H,43,44)/t20-,21?,22-,23?,24?,25?,26?,27?,28-,29-,30-,31?,34-,35+,36+,37-/m0/s1. The fraction of sp³-hybridized carbons (Fsp3) is 0.892. The molecule has 7 unspecified atom stereocenters. The van der Waals surface area contributed by atoms with Crippen molar-refractivity contribution in [3.8, 4) is 0 Å². The Bertz CT molecular complexity index is 1240. The predicted octanol–water partition coefficient (Wildman–Crippen LogP) is 4.69. The molecule has 16 atom stereocenters. The summed E-state index contributed by atoms with van der Waals surface area (Å²) in [5.41, 5.74) is 0.250. The molecule has 0 aromatic carbocycles. The summed E-state index contributed by atoms with van der Waals surface area (Å²) in [5.74, 6) is 0.637. The van der Waals surface area contributed by atoms with Crippen molar-refractivity contribution in [1.29, 1.82) is 0 Å². The minimum Gasteiger partial charge on any atom is -0.481 e. The van der Waals surface area contributed by atoms with Crippen molar-refractivity contribution in [2.24, 2.45) is 62.6 Å². The van der Waals surface area contributed by atoms with Gasteiger partial charge in [-0.05, 0) is 128 Å². The third kappa shape index (κ3) is 4.43. The van der Waals surface area contributed by atoms with Gasteiger partial charge in [0.2, 0.25) is 6.29 Å². The number of carbonyl (C=O) groups excluding carboxylic acids is 1. The zero-order valence-corrected chi connectivity index (χ0v) is 28.7. The molecule has 1 aliphatic heterocycles. The summed E-state index contributed by atoms with van der Waals surface area (Å²) < 4.78 is 10.6. The molecular weight excluding hydrogens is 588 g/mol. The second-order valence-electron chi connectivity index (χ2n) is 17.8. The van der Waals surface area contributed by atoms with Gasteiger partial charge in [-0.3, -0.25) is 9.59 Å². The number of carboxylic acid groups (broad SMARTS) is 1. The van der Waals surface area contributed by atoms with Gasteiger partial charge < -0.3 is 35.0 Å². The molecule has 9 nitrogen and oxygen atoms in total. The average molecular weight is 647 g/mol. The largest absolute Gasteiger partial charge is 0.481 e. The zero-order chi connectivity index (χ0) is 33.8. The van der Waals surface area contributed by atoms with Crippen LogP contribution in [0.4, 0.5) is 0 Å². The van der Waals surface area contributed by atoms with E-state index in [-0.39, 0.29) is 45.9 Å². The van der Waals surface area contributed by atoms with Crippen molar-refractivity contribution in [3.63, 3.8) is 0 Å². The summed E-state index contributed by atoms with van der Waals surface area (Å²) in [4.78, 5) is 24.0. The molecule has 0 bridgehead atoms. The van der Waals surface area contributed by atoms with Gasteiger partial charge in [0.15, 0.2) is 0 Å². The summed E-state index contributed by atoms with van der Waals surface area (Å²) in [6, 6.07) is 0. The van der Waals surface area contributed by atoms with Gasteiger partial charge in [0.1, 0.15) is 24.4 Å². The molecule has 0 aromatic heterocycles. The van der Waals surface area contributed by atoms with Crippen LogP contribution in [0.15, 0.2) is 12.2 Å². The van der Waals surface area contributed by atoms with Gasteiger partial charge in [-0.25, -0.2) is 0 Å². The number of aliphatic hydroxyl groups excluding tert-OH is 4. The SMILES string of the molecule is C=C(C)[C@@H]1CC[C@]2(C(=O)O)CC[C@]3(C)C(CCC4[C@@]5(C)CC[C@@H](C(O)[C@@H]6OC(OC=O)[C@@H](O)C(O)[C@@H]6O)C(C)(C)C5CC[C@]43C)C12. The first-order valence-electron chi connectivity index (χ1n) is 17.8. The minimum absolute atomic E-state index is 0.0103. The van der Waals surface area contributed by atoms with Gasteiger partial charge in [-0.15, -0.1) is 0 Å². The lowest BCUT2D eigenvalue weighted by molar-refractivity contribution is -0.309. The highest BCUT2D eigenvalue weighted by atomic mass is 16.7. The molecule has 6 aliphatic rings. The lowest BCUT2D eigenvalue weighted by Crippen LogP contribution is -2.68. The maximum atomic E-state index is 13.0. The first-order valence-corrected chi connectivity index (χ1v) is 17.8. The Morgan fingerprint density at radius 3 is 2.20 bits per heavy atom. The average Bonchev–Trinajstić information content (AvgIpc) is 3.39. The van der Waals surface area contributed by atoms with Crippen LogP contribution in [0.1, 0.15) is 106 Å². The molecule has 46 heavy (non-hydrogen) atoms. The number of hydrogen-bond donors (Lipinski definition) is 5.